The number of carbonyl (C=O) groups is 2. The third-order valence-corrected chi connectivity index (χ3v) is 6.77. The molecule has 1 aliphatic rings. The van der Waals surface area contributed by atoms with Gasteiger partial charge in [-0.25, -0.2) is 4.98 Å². The summed E-state index contributed by atoms with van der Waals surface area (Å²) in [6.45, 7) is 3.99. The molecule has 4 aromatic rings. The number of hydrogen-bond acceptors (Lipinski definition) is 8. The molecule has 0 radical (unpaired) electrons. The first-order chi connectivity index (χ1) is 17.5. The van der Waals surface area contributed by atoms with Gasteiger partial charge in [0.25, 0.3) is 5.78 Å². The number of thiazole rings is 1. The number of ketones is 1. The van der Waals surface area contributed by atoms with Crippen LogP contribution in [0.4, 0.5) is 5.13 Å². The molecule has 0 saturated carbocycles. The Hall–Kier alpha value is -4.50. The normalized spacial score (nSPS) is 16.9. The van der Waals surface area contributed by atoms with Gasteiger partial charge in [-0.05, 0) is 48.0 Å². The molecule has 1 N–H and O–H groups in total. The molecule has 8 nitrogen and oxygen atoms in total. The molecular weight excluding hydrogens is 478 g/mol. The lowest BCUT2D eigenvalue weighted by Gasteiger charge is -2.23. The predicted octanol–water partition coefficient (Wildman–Crippen LogP) is 4.89. The van der Waals surface area contributed by atoms with E-state index in [1.54, 1.807) is 61.7 Å². The number of aromatic nitrogens is 2. The molecule has 0 bridgehead atoms. The van der Waals surface area contributed by atoms with E-state index in [0.29, 0.717) is 39.9 Å². The number of hydrogen-bond donors (Lipinski definition) is 1. The molecule has 1 saturated heterocycles. The van der Waals surface area contributed by atoms with Crippen LogP contribution in [0.5, 0.6) is 11.5 Å². The Labute approximate surface area is 210 Å². The first kappa shape index (κ1) is 23.3. The Kier molecular flexibility index (Phi) is 6.22. The highest BCUT2D eigenvalue weighted by molar-refractivity contribution is 7.22. The van der Waals surface area contributed by atoms with E-state index in [1.165, 1.54) is 28.6 Å². The van der Waals surface area contributed by atoms with E-state index >= 15 is 0 Å². The second kappa shape index (κ2) is 9.63. The molecule has 0 spiro atoms. The van der Waals surface area contributed by atoms with Crippen molar-refractivity contribution < 1.29 is 24.2 Å². The van der Waals surface area contributed by atoms with Crippen LogP contribution in [0.1, 0.15) is 17.2 Å². The average molecular weight is 500 g/mol. The van der Waals surface area contributed by atoms with Crippen molar-refractivity contribution in [1.29, 1.82) is 0 Å². The van der Waals surface area contributed by atoms with Gasteiger partial charge in [-0.3, -0.25) is 19.5 Å². The van der Waals surface area contributed by atoms with Crippen LogP contribution in [0.25, 0.3) is 16.0 Å². The van der Waals surface area contributed by atoms with Gasteiger partial charge in [0.05, 0.1) is 28.9 Å². The maximum absolute atomic E-state index is 13.4. The van der Waals surface area contributed by atoms with E-state index in [4.69, 9.17) is 9.47 Å². The number of Topliss-reactive ketones (excluding diaryl/α,β-unsaturated/α-hetero) is 1. The fourth-order valence-electron chi connectivity index (χ4n) is 4.03. The number of rotatable bonds is 7. The van der Waals surface area contributed by atoms with Crippen molar-refractivity contribution in [3.8, 4) is 11.5 Å². The maximum Gasteiger partial charge on any atom is 0.301 e. The number of anilines is 1. The number of methoxy groups -OCH3 is 1. The Balaban J connectivity index is 1.67. The third kappa shape index (κ3) is 4.09. The second-order valence-electron chi connectivity index (χ2n) is 7.90. The van der Waals surface area contributed by atoms with Crippen molar-refractivity contribution >= 4 is 44.1 Å². The van der Waals surface area contributed by atoms with Crippen molar-refractivity contribution in [3.63, 3.8) is 0 Å². The molecule has 36 heavy (non-hydrogen) atoms. The molecule has 1 fully saturated rings. The minimum atomic E-state index is -0.894. The van der Waals surface area contributed by atoms with E-state index in [-0.39, 0.29) is 11.3 Å². The van der Waals surface area contributed by atoms with Gasteiger partial charge in [-0.2, -0.15) is 0 Å². The lowest BCUT2D eigenvalue weighted by molar-refractivity contribution is -0.132. The molecule has 2 aromatic heterocycles. The summed E-state index contributed by atoms with van der Waals surface area (Å²) < 4.78 is 11.7. The van der Waals surface area contributed by atoms with Crippen LogP contribution in [-0.2, 0) is 9.59 Å². The van der Waals surface area contributed by atoms with Gasteiger partial charge in [-0.1, -0.05) is 36.1 Å². The highest BCUT2D eigenvalue weighted by atomic mass is 32.1. The fourth-order valence-corrected chi connectivity index (χ4v) is 5.06. The SMILES string of the molecule is C=CCOc1ccc(C2C(=C(O)c3ccncc3)C(=O)C(=O)N2c2nc3ccc(OC)cc3s2)cc1. The van der Waals surface area contributed by atoms with Crippen molar-refractivity contribution in [1.82, 2.24) is 9.97 Å². The molecule has 2 aromatic carbocycles. The lowest BCUT2D eigenvalue weighted by atomic mass is 9.95. The summed E-state index contributed by atoms with van der Waals surface area (Å²) in [6.07, 6.45) is 4.65. The largest absolute Gasteiger partial charge is 0.507 e. The molecule has 1 atom stereocenters. The van der Waals surface area contributed by atoms with Crippen LogP contribution in [0.2, 0.25) is 0 Å². The minimum Gasteiger partial charge on any atom is -0.507 e. The number of ether oxygens (including phenoxy) is 2. The molecular formula is C27H21N3O5S. The zero-order valence-corrected chi connectivity index (χ0v) is 20.1. The molecule has 5 rings (SSSR count). The molecule has 1 aliphatic heterocycles. The van der Waals surface area contributed by atoms with Gasteiger partial charge in [0.1, 0.15) is 23.9 Å². The number of amides is 1. The maximum atomic E-state index is 13.4. The molecule has 0 aliphatic carbocycles. The zero-order chi connectivity index (χ0) is 25.2. The van der Waals surface area contributed by atoms with Crippen LogP contribution in [-0.4, -0.2) is 40.5 Å². The number of aliphatic hydroxyl groups is 1. The Morgan fingerprint density at radius 3 is 2.53 bits per heavy atom. The summed E-state index contributed by atoms with van der Waals surface area (Å²) in [5.41, 5.74) is 1.64. The van der Waals surface area contributed by atoms with Crippen molar-refractivity contribution in [3.05, 3.63) is 96.3 Å². The Morgan fingerprint density at radius 2 is 1.83 bits per heavy atom. The standard InChI is InChI=1S/C27H21N3O5S/c1-3-14-35-18-6-4-16(5-7-18)23-22(24(31)17-10-12-28-13-11-17)25(32)26(33)30(23)27-29-20-9-8-19(34-2)15-21(20)36-27/h3-13,15,23,31H,1,14H2,2H3. The monoisotopic (exact) mass is 499 g/mol. The Morgan fingerprint density at radius 1 is 1.11 bits per heavy atom. The molecule has 1 unspecified atom stereocenters. The summed E-state index contributed by atoms with van der Waals surface area (Å²) in [7, 11) is 1.57. The minimum absolute atomic E-state index is 0.0252. The highest BCUT2D eigenvalue weighted by Gasteiger charge is 2.48. The Bertz CT molecular complexity index is 1500. The van der Waals surface area contributed by atoms with E-state index in [1.807, 2.05) is 6.07 Å². The van der Waals surface area contributed by atoms with Crippen LogP contribution >= 0.6 is 11.3 Å². The smallest absolute Gasteiger partial charge is 0.301 e. The van der Waals surface area contributed by atoms with E-state index in [2.05, 4.69) is 16.5 Å². The van der Waals surface area contributed by atoms with Crippen LogP contribution in [0.3, 0.4) is 0 Å². The molecule has 180 valence electrons. The number of carbonyl (C=O) groups excluding carboxylic acids is 2. The molecule has 1 amide bonds. The second-order valence-corrected chi connectivity index (χ2v) is 8.91. The molecule has 3 heterocycles. The van der Waals surface area contributed by atoms with E-state index in [9.17, 15) is 14.7 Å². The lowest BCUT2D eigenvalue weighted by Crippen LogP contribution is -2.29. The zero-order valence-electron chi connectivity index (χ0n) is 19.2. The predicted molar refractivity (Wildman–Crippen MR) is 137 cm³/mol. The molecule has 9 heteroatoms. The topological polar surface area (TPSA) is 102 Å². The number of nitrogens with zero attached hydrogens (tertiary/aromatic N) is 3. The van der Waals surface area contributed by atoms with Crippen molar-refractivity contribution in [2.24, 2.45) is 0 Å². The number of pyridine rings is 1. The van der Waals surface area contributed by atoms with Gasteiger partial charge in [0.2, 0.25) is 0 Å². The van der Waals surface area contributed by atoms with Gasteiger partial charge >= 0.3 is 5.91 Å². The van der Waals surface area contributed by atoms with Gasteiger partial charge in [-0.15, -0.1) is 0 Å². The fraction of sp³-hybridized carbons (Fsp3) is 0.111. The summed E-state index contributed by atoms with van der Waals surface area (Å²) >= 11 is 1.26. The van der Waals surface area contributed by atoms with Gasteiger partial charge < -0.3 is 14.6 Å². The quantitative estimate of drug-likeness (QED) is 0.167. The average Bonchev–Trinajstić information content (AvgIpc) is 3.45. The number of benzene rings is 2. The van der Waals surface area contributed by atoms with Gasteiger partial charge in [0.15, 0.2) is 5.13 Å². The van der Waals surface area contributed by atoms with E-state index in [0.717, 1.165) is 4.70 Å². The summed E-state index contributed by atoms with van der Waals surface area (Å²) in [4.78, 5) is 36.6. The van der Waals surface area contributed by atoms with Crippen molar-refractivity contribution in [2.75, 3.05) is 18.6 Å². The van der Waals surface area contributed by atoms with Crippen LogP contribution in [0, 0.1) is 0 Å². The summed E-state index contributed by atoms with van der Waals surface area (Å²) in [5.74, 6) is -0.578. The summed E-state index contributed by atoms with van der Waals surface area (Å²) in [6, 6.07) is 14.7. The number of aliphatic hydroxyl groups excluding tert-OH is 1. The third-order valence-electron chi connectivity index (χ3n) is 5.75. The van der Waals surface area contributed by atoms with Crippen molar-refractivity contribution in [2.45, 2.75) is 6.04 Å². The van der Waals surface area contributed by atoms with E-state index < -0.39 is 17.7 Å². The number of fused-ring (bicyclic) bond motifs is 1. The summed E-state index contributed by atoms with van der Waals surface area (Å²) in [5, 5.41) is 11.5. The first-order valence-corrected chi connectivity index (χ1v) is 11.8. The van der Waals surface area contributed by atoms with Crippen LogP contribution in [0.15, 0.2) is 85.2 Å². The first-order valence-electron chi connectivity index (χ1n) is 11.0. The van der Waals surface area contributed by atoms with Gasteiger partial charge in [0, 0.05) is 18.0 Å². The highest BCUT2D eigenvalue weighted by Crippen LogP contribution is 2.44. The van der Waals surface area contributed by atoms with Crippen LogP contribution < -0.4 is 14.4 Å².